The lowest BCUT2D eigenvalue weighted by atomic mass is 10.1. The van der Waals surface area contributed by atoms with Crippen LogP contribution in [-0.2, 0) is 12.1 Å². The normalized spacial score (nSPS) is 11.5. The highest BCUT2D eigenvalue weighted by Crippen LogP contribution is 2.36. The Kier molecular flexibility index (Phi) is 4.64. The van der Waals surface area contributed by atoms with Gasteiger partial charge in [-0.3, -0.25) is 0 Å². The lowest BCUT2D eigenvalue weighted by Gasteiger charge is -2.13. The molecule has 0 radical (unpaired) electrons. The molecule has 7 heteroatoms. The Morgan fingerprint density at radius 1 is 1.00 bits per heavy atom. The highest BCUT2D eigenvalue weighted by atomic mass is 35.5. The van der Waals surface area contributed by atoms with E-state index in [1.54, 1.807) is 0 Å². The average molecular weight is 339 g/mol. The van der Waals surface area contributed by atoms with Crippen LogP contribution >= 0.6 is 23.2 Å². The first-order valence-electron chi connectivity index (χ1n) is 5.70. The predicted molar refractivity (Wildman–Crippen MR) is 72.5 cm³/mol. The molecular weight excluding hydrogens is 331 g/mol. The molecule has 0 aromatic heterocycles. The number of hydrogen-bond acceptors (Lipinski definition) is 1. The summed E-state index contributed by atoms with van der Waals surface area (Å²) in [6, 6.07) is 6.98. The number of hydrogen-bond donors (Lipinski definition) is 0. The van der Waals surface area contributed by atoms with Gasteiger partial charge in [-0.1, -0.05) is 17.7 Å². The van der Waals surface area contributed by atoms with Crippen molar-refractivity contribution in [3.63, 3.8) is 0 Å². The second-order valence-corrected chi connectivity index (χ2v) is 4.80. The number of alkyl halides is 4. The van der Waals surface area contributed by atoms with Crippen molar-refractivity contribution in [3.8, 4) is 11.5 Å². The molecule has 1 nitrogen and oxygen atoms in total. The SMILES string of the molecule is Fc1cc(Oc2ccc(CCl)c(C(F)(F)F)c2)ccc1Cl. The third kappa shape index (κ3) is 3.80. The van der Waals surface area contributed by atoms with Crippen molar-refractivity contribution in [1.82, 2.24) is 0 Å². The minimum Gasteiger partial charge on any atom is -0.457 e. The molecule has 0 saturated heterocycles. The first-order chi connectivity index (χ1) is 9.81. The molecule has 0 atom stereocenters. The van der Waals surface area contributed by atoms with Gasteiger partial charge in [-0.15, -0.1) is 11.6 Å². The summed E-state index contributed by atoms with van der Waals surface area (Å²) >= 11 is 11.0. The standard InChI is InChI=1S/C14H8Cl2F4O/c15-7-8-1-2-9(5-11(8)14(18,19)20)21-10-3-4-12(16)13(17)6-10/h1-6H,7H2. The van der Waals surface area contributed by atoms with Crippen molar-refractivity contribution in [3.05, 3.63) is 58.4 Å². The fourth-order valence-corrected chi connectivity index (χ4v) is 2.03. The van der Waals surface area contributed by atoms with Gasteiger partial charge in [0, 0.05) is 11.9 Å². The van der Waals surface area contributed by atoms with Crippen molar-refractivity contribution in [1.29, 1.82) is 0 Å². The molecule has 0 fully saturated rings. The highest BCUT2D eigenvalue weighted by molar-refractivity contribution is 6.30. The minimum atomic E-state index is -4.55. The maximum atomic E-state index is 13.3. The highest BCUT2D eigenvalue weighted by Gasteiger charge is 2.33. The van der Waals surface area contributed by atoms with Crippen LogP contribution in [-0.4, -0.2) is 0 Å². The van der Waals surface area contributed by atoms with Crippen LogP contribution in [0.5, 0.6) is 11.5 Å². The van der Waals surface area contributed by atoms with Crippen LogP contribution < -0.4 is 4.74 Å². The van der Waals surface area contributed by atoms with Crippen LogP contribution in [0.2, 0.25) is 5.02 Å². The van der Waals surface area contributed by atoms with E-state index in [0.29, 0.717) is 0 Å². The number of rotatable bonds is 3. The second-order valence-electron chi connectivity index (χ2n) is 4.13. The number of benzene rings is 2. The van der Waals surface area contributed by atoms with Gasteiger partial charge in [0.05, 0.1) is 10.6 Å². The molecular formula is C14H8Cl2F4O. The monoisotopic (exact) mass is 338 g/mol. The summed E-state index contributed by atoms with van der Waals surface area (Å²) < 4.78 is 57.1. The summed E-state index contributed by atoms with van der Waals surface area (Å²) in [6.45, 7) is 0. The molecule has 112 valence electrons. The lowest BCUT2D eigenvalue weighted by molar-refractivity contribution is -0.138. The second kappa shape index (κ2) is 6.12. The van der Waals surface area contributed by atoms with Crippen LogP contribution in [0.3, 0.4) is 0 Å². The maximum absolute atomic E-state index is 13.3. The van der Waals surface area contributed by atoms with Gasteiger partial charge in [0.15, 0.2) is 0 Å². The molecule has 2 aromatic rings. The summed E-state index contributed by atoms with van der Waals surface area (Å²) in [5.41, 5.74) is -0.941. The minimum absolute atomic E-state index is 0.0450. The zero-order chi connectivity index (χ0) is 15.6. The fraction of sp³-hybridized carbons (Fsp3) is 0.143. The summed E-state index contributed by atoms with van der Waals surface area (Å²) in [7, 11) is 0. The molecule has 0 heterocycles. The van der Waals surface area contributed by atoms with E-state index in [1.807, 2.05) is 0 Å². The fourth-order valence-electron chi connectivity index (χ4n) is 1.68. The molecule has 0 spiro atoms. The van der Waals surface area contributed by atoms with Gasteiger partial charge in [0.2, 0.25) is 0 Å². The average Bonchev–Trinajstić information content (AvgIpc) is 2.42. The molecule has 0 saturated carbocycles. The Morgan fingerprint density at radius 3 is 2.19 bits per heavy atom. The van der Waals surface area contributed by atoms with Crippen LogP contribution in [0, 0.1) is 5.82 Å². The van der Waals surface area contributed by atoms with Crippen molar-refractivity contribution >= 4 is 23.2 Å². The van der Waals surface area contributed by atoms with Gasteiger partial charge in [-0.25, -0.2) is 4.39 Å². The number of ether oxygens (including phenoxy) is 1. The summed E-state index contributed by atoms with van der Waals surface area (Å²) in [4.78, 5) is 0. The molecule has 2 rings (SSSR count). The maximum Gasteiger partial charge on any atom is 0.416 e. The Bertz CT molecular complexity index is 656. The molecule has 0 amide bonds. The van der Waals surface area contributed by atoms with E-state index in [1.165, 1.54) is 24.3 Å². The Balaban J connectivity index is 2.34. The van der Waals surface area contributed by atoms with Gasteiger partial charge in [-0.05, 0) is 29.8 Å². The molecule has 0 bridgehead atoms. The van der Waals surface area contributed by atoms with E-state index in [-0.39, 0.29) is 28.0 Å². The topological polar surface area (TPSA) is 9.23 Å². The van der Waals surface area contributed by atoms with Crippen molar-refractivity contribution < 1.29 is 22.3 Å². The predicted octanol–water partition coefficient (Wildman–Crippen LogP) is 6.03. The van der Waals surface area contributed by atoms with Gasteiger partial charge in [-0.2, -0.15) is 13.2 Å². The van der Waals surface area contributed by atoms with Crippen LogP contribution in [0.1, 0.15) is 11.1 Å². The summed E-state index contributed by atoms with van der Waals surface area (Å²) in [6.07, 6.45) is -4.55. The Morgan fingerprint density at radius 2 is 1.62 bits per heavy atom. The van der Waals surface area contributed by atoms with E-state index < -0.39 is 17.6 Å². The van der Waals surface area contributed by atoms with Gasteiger partial charge < -0.3 is 4.74 Å². The summed E-state index contributed by atoms with van der Waals surface area (Å²) in [5, 5.41) is -0.101. The van der Waals surface area contributed by atoms with Gasteiger partial charge in [0.1, 0.15) is 17.3 Å². The van der Waals surface area contributed by atoms with Crippen LogP contribution in [0.15, 0.2) is 36.4 Å². The van der Waals surface area contributed by atoms with E-state index in [0.717, 1.165) is 12.1 Å². The Labute approximate surface area is 128 Å². The summed E-state index contributed by atoms with van der Waals surface area (Å²) in [5.74, 6) is -1.02. The zero-order valence-electron chi connectivity index (χ0n) is 10.3. The molecule has 0 aliphatic rings. The van der Waals surface area contributed by atoms with Crippen LogP contribution in [0.25, 0.3) is 0 Å². The number of halogens is 6. The lowest BCUT2D eigenvalue weighted by Crippen LogP contribution is -2.08. The molecule has 0 aliphatic heterocycles. The third-order valence-electron chi connectivity index (χ3n) is 2.66. The Hall–Kier alpha value is -1.46. The van der Waals surface area contributed by atoms with Crippen molar-refractivity contribution in [2.24, 2.45) is 0 Å². The smallest absolute Gasteiger partial charge is 0.416 e. The molecule has 2 aromatic carbocycles. The van der Waals surface area contributed by atoms with Crippen LogP contribution in [0.4, 0.5) is 17.6 Å². The van der Waals surface area contributed by atoms with Gasteiger partial charge in [0.25, 0.3) is 0 Å². The van der Waals surface area contributed by atoms with Crippen molar-refractivity contribution in [2.75, 3.05) is 0 Å². The zero-order valence-corrected chi connectivity index (χ0v) is 11.9. The molecule has 0 N–H and O–H groups in total. The van der Waals surface area contributed by atoms with Gasteiger partial charge >= 0.3 is 6.18 Å². The quantitative estimate of drug-likeness (QED) is 0.490. The largest absolute Gasteiger partial charge is 0.457 e. The first kappa shape index (κ1) is 15.9. The van der Waals surface area contributed by atoms with E-state index in [9.17, 15) is 17.6 Å². The van der Waals surface area contributed by atoms with Crippen molar-refractivity contribution in [2.45, 2.75) is 12.1 Å². The van der Waals surface area contributed by atoms with E-state index in [4.69, 9.17) is 27.9 Å². The molecule has 21 heavy (non-hydrogen) atoms. The molecule has 0 unspecified atom stereocenters. The van der Waals surface area contributed by atoms with E-state index in [2.05, 4.69) is 0 Å². The first-order valence-corrected chi connectivity index (χ1v) is 6.61. The third-order valence-corrected chi connectivity index (χ3v) is 3.25. The molecule has 0 aliphatic carbocycles. The van der Waals surface area contributed by atoms with E-state index >= 15 is 0 Å².